The first-order chi connectivity index (χ1) is 18.1. The van der Waals surface area contributed by atoms with Crippen molar-refractivity contribution in [3.63, 3.8) is 0 Å². The Labute approximate surface area is 216 Å². The summed E-state index contributed by atoms with van der Waals surface area (Å²) in [5.41, 5.74) is 12.6. The Morgan fingerprint density at radius 1 is 0.784 bits per heavy atom. The Morgan fingerprint density at radius 3 is 2.08 bits per heavy atom. The summed E-state index contributed by atoms with van der Waals surface area (Å²) < 4.78 is 8.15. The highest BCUT2D eigenvalue weighted by atomic mass is 16.5. The molecule has 0 unspecified atom stereocenters. The Hall–Kier alpha value is -4.64. The minimum atomic E-state index is -0.973. The molecule has 0 aliphatic carbocycles. The Bertz CT molecular complexity index is 1550. The van der Waals surface area contributed by atoms with Crippen molar-refractivity contribution < 1.29 is 14.3 Å². The van der Waals surface area contributed by atoms with Gasteiger partial charge in [0, 0.05) is 18.3 Å². The average Bonchev–Trinajstić information content (AvgIpc) is 3.26. The Morgan fingerprint density at radius 2 is 1.43 bits per heavy atom. The van der Waals surface area contributed by atoms with Gasteiger partial charge in [-0.3, -0.25) is 9.59 Å². The fourth-order valence-electron chi connectivity index (χ4n) is 4.82. The van der Waals surface area contributed by atoms with E-state index in [9.17, 15) is 9.59 Å². The van der Waals surface area contributed by atoms with Crippen molar-refractivity contribution in [1.82, 2.24) is 4.40 Å². The molecule has 184 valence electrons. The Balaban J connectivity index is 1.57. The summed E-state index contributed by atoms with van der Waals surface area (Å²) in [5, 5.41) is 0. The van der Waals surface area contributed by atoms with E-state index in [2.05, 4.69) is 36.4 Å². The van der Waals surface area contributed by atoms with Gasteiger partial charge in [0.05, 0.1) is 11.1 Å². The van der Waals surface area contributed by atoms with Crippen molar-refractivity contribution in [2.75, 3.05) is 0 Å². The molecule has 0 atom stereocenters. The lowest BCUT2D eigenvalue weighted by atomic mass is 9.98. The fourth-order valence-corrected chi connectivity index (χ4v) is 4.82. The molecular weight excluding hydrogens is 460 g/mol. The number of carbonyl (C=O) groups excluding carboxylic acids is 2. The number of ketones is 1. The third-order valence-electron chi connectivity index (χ3n) is 6.61. The van der Waals surface area contributed by atoms with Crippen molar-refractivity contribution in [3.8, 4) is 16.9 Å². The molecule has 3 aromatic carbocycles. The number of amides is 1. The number of pyridine rings is 1. The van der Waals surface area contributed by atoms with Crippen molar-refractivity contribution in [2.24, 2.45) is 5.73 Å². The highest BCUT2D eigenvalue weighted by Crippen LogP contribution is 2.34. The molecule has 37 heavy (non-hydrogen) atoms. The first-order valence-electron chi connectivity index (χ1n) is 12.4. The maximum Gasteiger partial charge on any atom is 0.289 e. The van der Waals surface area contributed by atoms with Crippen LogP contribution in [0, 0.1) is 0 Å². The maximum atomic E-state index is 13.1. The third kappa shape index (κ3) is 4.89. The molecule has 0 bridgehead atoms. The predicted molar refractivity (Wildman–Crippen MR) is 146 cm³/mol. The van der Waals surface area contributed by atoms with Gasteiger partial charge in [0.1, 0.15) is 12.4 Å². The number of benzene rings is 3. The Kier molecular flexibility index (Phi) is 6.86. The van der Waals surface area contributed by atoms with Gasteiger partial charge in [0.15, 0.2) is 0 Å². The van der Waals surface area contributed by atoms with Crippen molar-refractivity contribution >= 4 is 17.2 Å². The number of hydrogen-bond acceptors (Lipinski definition) is 3. The minimum Gasteiger partial charge on any atom is -0.487 e. The lowest BCUT2D eigenvalue weighted by Gasteiger charge is -2.11. The maximum absolute atomic E-state index is 13.1. The molecule has 2 heterocycles. The number of hydrogen-bond donors (Lipinski definition) is 1. The quantitative estimate of drug-likeness (QED) is 0.204. The summed E-state index contributed by atoms with van der Waals surface area (Å²) in [6, 6.07) is 32.2. The molecule has 1 amide bonds. The van der Waals surface area contributed by atoms with Crippen LogP contribution in [0.3, 0.4) is 0 Å². The highest BCUT2D eigenvalue weighted by Gasteiger charge is 2.27. The molecule has 5 heteroatoms. The van der Waals surface area contributed by atoms with Gasteiger partial charge in [0.25, 0.3) is 11.7 Å². The van der Waals surface area contributed by atoms with Gasteiger partial charge in [-0.1, -0.05) is 91.9 Å². The molecule has 0 aliphatic rings. The summed E-state index contributed by atoms with van der Waals surface area (Å²) in [6.45, 7) is 2.33. The molecule has 0 saturated carbocycles. The van der Waals surface area contributed by atoms with Gasteiger partial charge < -0.3 is 14.9 Å². The second-order valence-corrected chi connectivity index (χ2v) is 8.95. The van der Waals surface area contributed by atoms with Crippen LogP contribution in [0.5, 0.6) is 5.75 Å². The molecule has 0 fully saturated rings. The molecule has 0 saturated heterocycles. The van der Waals surface area contributed by atoms with E-state index in [1.807, 2.05) is 78.2 Å². The van der Waals surface area contributed by atoms with Crippen LogP contribution in [-0.4, -0.2) is 16.1 Å². The topological polar surface area (TPSA) is 73.8 Å². The minimum absolute atomic E-state index is 0.328. The number of aromatic nitrogens is 1. The molecule has 0 radical (unpaired) electrons. The molecule has 0 spiro atoms. The fraction of sp³-hybridized carbons (Fsp3) is 0.125. The van der Waals surface area contributed by atoms with E-state index in [-0.39, 0.29) is 0 Å². The zero-order valence-corrected chi connectivity index (χ0v) is 20.7. The van der Waals surface area contributed by atoms with Gasteiger partial charge in [-0.2, -0.15) is 0 Å². The lowest BCUT2D eigenvalue weighted by molar-refractivity contribution is -0.114. The average molecular weight is 489 g/mol. The normalized spacial score (nSPS) is 10.9. The number of ether oxygens (including phenoxy) is 1. The SMILES string of the molecule is CCc1c(C(=O)C(N)=O)c2c(OCc3ccccc3)cccn2c1Cc1ccc(-c2ccccc2)cc1. The molecular formula is C32H28N2O3. The third-order valence-corrected chi connectivity index (χ3v) is 6.61. The zero-order valence-electron chi connectivity index (χ0n) is 20.7. The zero-order chi connectivity index (χ0) is 25.8. The van der Waals surface area contributed by atoms with Crippen LogP contribution in [0.25, 0.3) is 16.6 Å². The number of nitrogens with zero attached hydrogens (tertiary/aromatic N) is 1. The number of nitrogens with two attached hydrogens (primary N) is 1. The van der Waals surface area contributed by atoms with E-state index in [1.54, 1.807) is 0 Å². The molecule has 0 aliphatic heterocycles. The number of carbonyl (C=O) groups is 2. The standard InChI is InChI=1S/C32H28N2O3/c1-2-26-27(20-22-15-17-25(18-16-22)24-12-7-4-8-13-24)34-19-9-14-28(30(34)29(26)31(35)32(33)36)37-21-23-10-5-3-6-11-23/h3-19H,2,20-21H2,1H3,(H2,33,36). The summed E-state index contributed by atoms with van der Waals surface area (Å²) in [7, 11) is 0. The molecule has 5 rings (SSSR count). The van der Waals surface area contributed by atoms with Crippen molar-refractivity contribution in [1.29, 1.82) is 0 Å². The predicted octanol–water partition coefficient (Wildman–Crippen LogP) is 6.01. The van der Waals surface area contributed by atoms with Crippen LogP contribution in [0.2, 0.25) is 0 Å². The van der Waals surface area contributed by atoms with Crippen LogP contribution >= 0.6 is 0 Å². The van der Waals surface area contributed by atoms with Crippen LogP contribution in [0.1, 0.15) is 39.7 Å². The monoisotopic (exact) mass is 488 g/mol. The number of Topliss-reactive ketones (excluding diaryl/α,β-unsaturated/α-hetero) is 1. The van der Waals surface area contributed by atoms with Crippen LogP contribution in [0.15, 0.2) is 103 Å². The van der Waals surface area contributed by atoms with Crippen LogP contribution < -0.4 is 10.5 Å². The van der Waals surface area contributed by atoms with E-state index in [1.165, 1.54) is 0 Å². The summed E-state index contributed by atoms with van der Waals surface area (Å²) in [4.78, 5) is 25.2. The van der Waals surface area contributed by atoms with E-state index < -0.39 is 11.7 Å². The van der Waals surface area contributed by atoms with Crippen LogP contribution in [-0.2, 0) is 24.2 Å². The van der Waals surface area contributed by atoms with E-state index in [0.29, 0.717) is 36.3 Å². The van der Waals surface area contributed by atoms with E-state index in [4.69, 9.17) is 10.5 Å². The first-order valence-corrected chi connectivity index (χ1v) is 12.4. The number of primary amides is 1. The highest BCUT2D eigenvalue weighted by molar-refractivity contribution is 6.44. The van der Waals surface area contributed by atoms with Gasteiger partial charge >= 0.3 is 0 Å². The first kappa shape index (κ1) is 24.1. The van der Waals surface area contributed by atoms with Gasteiger partial charge in [0.2, 0.25) is 0 Å². The van der Waals surface area contributed by atoms with Crippen LogP contribution in [0.4, 0.5) is 0 Å². The summed E-state index contributed by atoms with van der Waals surface area (Å²) in [5.74, 6) is -1.13. The molecule has 2 N–H and O–H groups in total. The van der Waals surface area contributed by atoms with Gasteiger partial charge in [-0.05, 0) is 46.4 Å². The number of fused-ring (bicyclic) bond motifs is 1. The smallest absolute Gasteiger partial charge is 0.289 e. The van der Waals surface area contributed by atoms with Gasteiger partial charge in [-0.25, -0.2) is 0 Å². The second kappa shape index (κ2) is 10.5. The summed E-state index contributed by atoms with van der Waals surface area (Å²) >= 11 is 0. The van der Waals surface area contributed by atoms with Crippen molar-refractivity contribution in [2.45, 2.75) is 26.4 Å². The second-order valence-electron chi connectivity index (χ2n) is 8.95. The van der Waals surface area contributed by atoms with E-state index >= 15 is 0 Å². The van der Waals surface area contributed by atoms with E-state index in [0.717, 1.165) is 33.5 Å². The molecule has 5 aromatic rings. The number of rotatable bonds is 9. The summed E-state index contributed by atoms with van der Waals surface area (Å²) in [6.07, 6.45) is 3.08. The lowest BCUT2D eigenvalue weighted by Crippen LogP contribution is -2.24. The van der Waals surface area contributed by atoms with Gasteiger partial charge in [-0.15, -0.1) is 0 Å². The largest absolute Gasteiger partial charge is 0.487 e. The molecule has 2 aromatic heterocycles. The molecule has 5 nitrogen and oxygen atoms in total. The van der Waals surface area contributed by atoms with Crippen molar-refractivity contribution in [3.05, 3.63) is 131 Å².